The molecule has 0 spiro atoms. The standard InChI is InChI=1S/C20H18F4N8O2/c1-12(2)32-18(33)31(11-27-32)14-4-6-17(25-8-14)20(23,24)19(34,9-30-10-26-28-29-30)15-5-3-13(21)7-16(15)22/h3-8,10-12,34H,9H2,1-2H3. The van der Waals surface area contributed by atoms with E-state index in [1.54, 1.807) is 13.8 Å². The van der Waals surface area contributed by atoms with E-state index in [4.69, 9.17) is 0 Å². The van der Waals surface area contributed by atoms with Gasteiger partial charge < -0.3 is 5.11 Å². The zero-order valence-electron chi connectivity index (χ0n) is 17.8. The molecule has 3 heterocycles. The lowest BCUT2D eigenvalue weighted by Crippen LogP contribution is -2.48. The lowest BCUT2D eigenvalue weighted by atomic mass is 9.84. The third kappa shape index (κ3) is 3.85. The monoisotopic (exact) mass is 478 g/mol. The number of pyridine rings is 1. The highest BCUT2D eigenvalue weighted by Gasteiger charge is 2.58. The molecule has 1 N–H and O–H groups in total. The van der Waals surface area contributed by atoms with Gasteiger partial charge >= 0.3 is 11.6 Å². The zero-order valence-corrected chi connectivity index (χ0v) is 17.8. The first-order chi connectivity index (χ1) is 16.0. The summed E-state index contributed by atoms with van der Waals surface area (Å²) in [5, 5.41) is 25.2. The molecule has 4 aromatic rings. The molecule has 1 atom stereocenters. The van der Waals surface area contributed by atoms with Crippen molar-refractivity contribution in [2.24, 2.45) is 0 Å². The Morgan fingerprint density at radius 2 is 1.88 bits per heavy atom. The second-order valence-electron chi connectivity index (χ2n) is 7.79. The maximum Gasteiger partial charge on any atom is 0.350 e. The maximum absolute atomic E-state index is 15.7. The number of tetrazole rings is 1. The number of rotatable bonds is 7. The summed E-state index contributed by atoms with van der Waals surface area (Å²) in [5.74, 6) is -6.60. The fourth-order valence-electron chi connectivity index (χ4n) is 3.44. The molecule has 0 saturated carbocycles. The molecule has 0 aliphatic rings. The molecule has 10 nitrogen and oxygen atoms in total. The van der Waals surface area contributed by atoms with Crippen LogP contribution in [0.15, 0.2) is 54.0 Å². The van der Waals surface area contributed by atoms with Crippen molar-refractivity contribution in [1.29, 1.82) is 0 Å². The fraction of sp³-hybridized carbons (Fsp3) is 0.300. The van der Waals surface area contributed by atoms with E-state index in [1.807, 2.05) is 0 Å². The molecule has 0 aliphatic carbocycles. The predicted molar refractivity (Wildman–Crippen MR) is 108 cm³/mol. The van der Waals surface area contributed by atoms with Crippen LogP contribution in [0.25, 0.3) is 5.69 Å². The summed E-state index contributed by atoms with van der Waals surface area (Å²) in [6.07, 6.45) is 3.17. The van der Waals surface area contributed by atoms with Gasteiger partial charge in [0.15, 0.2) is 5.60 Å². The first kappa shape index (κ1) is 23.2. The molecular weight excluding hydrogens is 460 g/mol. The molecular formula is C20H18F4N8O2. The van der Waals surface area contributed by atoms with Crippen LogP contribution in [0.1, 0.15) is 31.1 Å². The van der Waals surface area contributed by atoms with Crippen LogP contribution in [0.3, 0.4) is 0 Å². The Labute approximate surface area is 189 Å². The lowest BCUT2D eigenvalue weighted by molar-refractivity contribution is -0.207. The van der Waals surface area contributed by atoms with Crippen LogP contribution >= 0.6 is 0 Å². The minimum atomic E-state index is -4.21. The van der Waals surface area contributed by atoms with Gasteiger partial charge in [0.2, 0.25) is 0 Å². The number of aliphatic hydroxyl groups is 1. The Morgan fingerprint density at radius 3 is 2.44 bits per heavy atom. The third-order valence-electron chi connectivity index (χ3n) is 5.21. The minimum Gasteiger partial charge on any atom is -0.377 e. The molecule has 0 amide bonds. The van der Waals surface area contributed by atoms with Crippen LogP contribution in [-0.2, 0) is 18.1 Å². The van der Waals surface area contributed by atoms with Crippen molar-refractivity contribution in [3.63, 3.8) is 0 Å². The van der Waals surface area contributed by atoms with Gasteiger partial charge in [-0.2, -0.15) is 13.9 Å². The quantitative estimate of drug-likeness (QED) is 0.404. The van der Waals surface area contributed by atoms with E-state index in [0.717, 1.165) is 40.0 Å². The van der Waals surface area contributed by atoms with E-state index in [1.165, 1.54) is 17.1 Å². The Hall–Kier alpha value is -3.94. The average molecular weight is 478 g/mol. The van der Waals surface area contributed by atoms with Crippen molar-refractivity contribution in [3.05, 3.63) is 82.6 Å². The summed E-state index contributed by atoms with van der Waals surface area (Å²) in [4.78, 5) is 16.2. The highest BCUT2D eigenvalue weighted by Crippen LogP contribution is 2.46. The topological polar surface area (TPSA) is 117 Å². The van der Waals surface area contributed by atoms with Gasteiger partial charge in [-0.3, -0.25) is 4.98 Å². The Kier molecular flexibility index (Phi) is 5.77. The molecule has 0 fully saturated rings. The molecule has 0 saturated heterocycles. The van der Waals surface area contributed by atoms with Crippen molar-refractivity contribution in [2.75, 3.05) is 0 Å². The molecule has 4 rings (SSSR count). The van der Waals surface area contributed by atoms with Crippen molar-refractivity contribution >= 4 is 0 Å². The van der Waals surface area contributed by atoms with Crippen LogP contribution < -0.4 is 5.69 Å². The number of hydrogen-bond donors (Lipinski definition) is 1. The molecule has 1 unspecified atom stereocenters. The van der Waals surface area contributed by atoms with Crippen molar-refractivity contribution in [1.82, 2.24) is 39.5 Å². The second kappa shape index (κ2) is 8.44. The normalized spacial score (nSPS) is 13.9. The summed E-state index contributed by atoms with van der Waals surface area (Å²) < 4.78 is 62.6. The van der Waals surface area contributed by atoms with Crippen LogP contribution in [0.2, 0.25) is 0 Å². The van der Waals surface area contributed by atoms with Crippen molar-refractivity contribution < 1.29 is 22.7 Å². The van der Waals surface area contributed by atoms with Gasteiger partial charge in [-0.1, -0.05) is 0 Å². The molecule has 0 radical (unpaired) electrons. The van der Waals surface area contributed by atoms with Crippen LogP contribution in [0.5, 0.6) is 0 Å². The summed E-state index contributed by atoms with van der Waals surface area (Å²) in [6, 6.07) is 3.69. The Balaban J connectivity index is 1.78. The fourth-order valence-corrected chi connectivity index (χ4v) is 3.44. The summed E-state index contributed by atoms with van der Waals surface area (Å²) >= 11 is 0. The highest BCUT2D eigenvalue weighted by atomic mass is 19.3. The largest absolute Gasteiger partial charge is 0.377 e. The molecule has 0 bridgehead atoms. The highest BCUT2D eigenvalue weighted by molar-refractivity contribution is 5.34. The lowest BCUT2D eigenvalue weighted by Gasteiger charge is -2.35. The second-order valence-corrected chi connectivity index (χ2v) is 7.79. The molecule has 14 heteroatoms. The molecule has 178 valence electrons. The molecule has 3 aromatic heterocycles. The van der Waals surface area contributed by atoms with E-state index >= 15 is 8.78 Å². The van der Waals surface area contributed by atoms with Crippen LogP contribution in [-0.4, -0.2) is 44.6 Å². The van der Waals surface area contributed by atoms with Crippen LogP contribution in [0, 0.1) is 11.6 Å². The number of aromatic nitrogens is 8. The van der Waals surface area contributed by atoms with Gasteiger partial charge in [-0.05, 0) is 48.5 Å². The van der Waals surface area contributed by atoms with Crippen LogP contribution in [0.4, 0.5) is 17.6 Å². The molecule has 34 heavy (non-hydrogen) atoms. The molecule has 0 aliphatic heterocycles. The smallest absolute Gasteiger partial charge is 0.350 e. The molecule has 1 aromatic carbocycles. The SMILES string of the molecule is CC(C)n1ncn(-c2ccc(C(F)(F)C(O)(Cn3cnnn3)c3ccc(F)cc3F)nc2)c1=O. The Morgan fingerprint density at radius 1 is 1.12 bits per heavy atom. The Bertz CT molecular complexity index is 1350. The van der Waals surface area contributed by atoms with E-state index in [2.05, 4.69) is 25.6 Å². The number of hydrogen-bond acceptors (Lipinski definition) is 7. The minimum absolute atomic E-state index is 0.147. The van der Waals surface area contributed by atoms with E-state index in [9.17, 15) is 18.7 Å². The number of benzene rings is 1. The van der Waals surface area contributed by atoms with Gasteiger partial charge in [0.25, 0.3) is 0 Å². The summed E-state index contributed by atoms with van der Waals surface area (Å²) in [5.41, 5.74) is -5.42. The van der Waals surface area contributed by atoms with E-state index in [-0.39, 0.29) is 11.7 Å². The van der Waals surface area contributed by atoms with E-state index in [0.29, 0.717) is 6.07 Å². The van der Waals surface area contributed by atoms with Crippen molar-refractivity contribution in [3.8, 4) is 5.69 Å². The number of alkyl halides is 2. The van der Waals surface area contributed by atoms with Gasteiger partial charge in [-0.15, -0.1) is 5.10 Å². The van der Waals surface area contributed by atoms with Crippen molar-refractivity contribution in [2.45, 2.75) is 38.0 Å². The van der Waals surface area contributed by atoms with Gasteiger partial charge in [0.05, 0.1) is 24.5 Å². The first-order valence-electron chi connectivity index (χ1n) is 9.94. The maximum atomic E-state index is 15.7. The average Bonchev–Trinajstić information content (AvgIpc) is 3.43. The van der Waals surface area contributed by atoms with Gasteiger partial charge in [0.1, 0.15) is 30.0 Å². The third-order valence-corrected chi connectivity index (χ3v) is 5.21. The van der Waals surface area contributed by atoms with E-state index < -0.39 is 46.6 Å². The first-order valence-corrected chi connectivity index (χ1v) is 9.94. The van der Waals surface area contributed by atoms with Gasteiger partial charge in [0, 0.05) is 11.6 Å². The van der Waals surface area contributed by atoms with Gasteiger partial charge in [-0.25, -0.2) is 27.5 Å². The number of halogens is 4. The number of nitrogens with zero attached hydrogens (tertiary/aromatic N) is 8. The summed E-state index contributed by atoms with van der Waals surface area (Å²) in [6.45, 7) is 2.53. The zero-order chi connectivity index (χ0) is 24.7. The summed E-state index contributed by atoms with van der Waals surface area (Å²) in [7, 11) is 0. The predicted octanol–water partition coefficient (Wildman–Crippen LogP) is 1.95.